The van der Waals surface area contributed by atoms with E-state index in [-0.39, 0.29) is 28.1 Å². The highest BCUT2D eigenvalue weighted by Crippen LogP contribution is 2.40. The van der Waals surface area contributed by atoms with E-state index in [1.54, 1.807) is 0 Å². The van der Waals surface area contributed by atoms with Crippen LogP contribution in [0.3, 0.4) is 0 Å². The third-order valence-corrected chi connectivity index (χ3v) is 6.36. The average molecular weight is 448 g/mol. The van der Waals surface area contributed by atoms with Gasteiger partial charge < -0.3 is 10.4 Å². The molecule has 0 aliphatic heterocycles. The Bertz CT molecular complexity index is 1010. The lowest BCUT2D eigenvalue weighted by atomic mass is 9.78. The SMILES string of the molecule is COS(=O)(=O)c1ccc(NC(=O)CCc2cc(C(C)(C)C)c(O)c(C(C)(C)C)c2)cc1. The minimum Gasteiger partial charge on any atom is -0.507 e. The summed E-state index contributed by atoms with van der Waals surface area (Å²) >= 11 is 0. The smallest absolute Gasteiger partial charge is 0.296 e. The number of aromatic hydroxyl groups is 1. The second-order valence-electron chi connectivity index (χ2n) is 9.73. The number of anilines is 1. The molecule has 7 heteroatoms. The summed E-state index contributed by atoms with van der Waals surface area (Å²) in [5.74, 6) is 0.143. The van der Waals surface area contributed by atoms with Crippen LogP contribution in [0.5, 0.6) is 5.75 Å². The molecule has 0 bridgehead atoms. The van der Waals surface area contributed by atoms with E-state index in [1.165, 1.54) is 24.3 Å². The summed E-state index contributed by atoms with van der Waals surface area (Å²) in [7, 11) is -2.66. The zero-order valence-corrected chi connectivity index (χ0v) is 20.2. The highest BCUT2D eigenvalue weighted by molar-refractivity contribution is 7.86. The lowest BCUT2D eigenvalue weighted by Gasteiger charge is -2.28. The van der Waals surface area contributed by atoms with Gasteiger partial charge in [-0.2, -0.15) is 8.42 Å². The summed E-state index contributed by atoms with van der Waals surface area (Å²) in [5, 5.41) is 13.6. The molecule has 0 aliphatic carbocycles. The number of phenolic OH excluding ortho intramolecular Hbond substituents is 1. The van der Waals surface area contributed by atoms with Crippen LogP contribution in [0.15, 0.2) is 41.3 Å². The van der Waals surface area contributed by atoms with Gasteiger partial charge in [-0.25, -0.2) is 0 Å². The minimum atomic E-state index is -3.76. The van der Waals surface area contributed by atoms with Crippen molar-refractivity contribution >= 4 is 21.7 Å². The molecule has 31 heavy (non-hydrogen) atoms. The number of carbonyl (C=O) groups excluding carboxylic acids is 1. The van der Waals surface area contributed by atoms with Crippen LogP contribution in [0, 0.1) is 0 Å². The van der Waals surface area contributed by atoms with E-state index in [9.17, 15) is 18.3 Å². The van der Waals surface area contributed by atoms with E-state index >= 15 is 0 Å². The van der Waals surface area contributed by atoms with E-state index in [0.29, 0.717) is 17.9 Å². The van der Waals surface area contributed by atoms with Gasteiger partial charge in [0.05, 0.1) is 12.0 Å². The maximum atomic E-state index is 12.5. The Labute approximate surface area is 185 Å². The second-order valence-corrected chi connectivity index (χ2v) is 11.4. The Morgan fingerprint density at radius 1 is 0.968 bits per heavy atom. The van der Waals surface area contributed by atoms with Crippen molar-refractivity contribution in [3.05, 3.63) is 53.1 Å². The summed E-state index contributed by atoms with van der Waals surface area (Å²) in [6.45, 7) is 12.3. The van der Waals surface area contributed by atoms with E-state index in [0.717, 1.165) is 23.8 Å². The van der Waals surface area contributed by atoms with Gasteiger partial charge in [0.2, 0.25) is 5.91 Å². The van der Waals surface area contributed by atoms with Crippen molar-refractivity contribution in [2.24, 2.45) is 0 Å². The number of amides is 1. The molecule has 2 aromatic carbocycles. The average Bonchev–Trinajstić information content (AvgIpc) is 2.65. The predicted octanol–water partition coefficient (Wildman–Crippen LogP) is 4.89. The van der Waals surface area contributed by atoms with Gasteiger partial charge in [-0.05, 0) is 58.2 Å². The monoisotopic (exact) mass is 447 g/mol. The fraction of sp³-hybridized carbons (Fsp3) is 0.458. The van der Waals surface area contributed by atoms with E-state index in [4.69, 9.17) is 0 Å². The first-order chi connectivity index (χ1) is 14.1. The molecule has 1 amide bonds. The van der Waals surface area contributed by atoms with Crippen LogP contribution in [-0.4, -0.2) is 26.5 Å². The van der Waals surface area contributed by atoms with Crippen molar-refractivity contribution in [1.29, 1.82) is 0 Å². The van der Waals surface area contributed by atoms with Crippen LogP contribution in [0.4, 0.5) is 5.69 Å². The van der Waals surface area contributed by atoms with Gasteiger partial charge in [0.1, 0.15) is 5.75 Å². The molecule has 0 aliphatic rings. The summed E-state index contributed by atoms with van der Waals surface area (Å²) < 4.78 is 27.8. The molecule has 0 radical (unpaired) electrons. The fourth-order valence-electron chi connectivity index (χ4n) is 3.26. The topological polar surface area (TPSA) is 92.7 Å². The van der Waals surface area contributed by atoms with Crippen molar-refractivity contribution in [1.82, 2.24) is 0 Å². The third kappa shape index (κ3) is 6.31. The number of rotatable bonds is 6. The first-order valence-corrected chi connectivity index (χ1v) is 11.6. The first kappa shape index (κ1) is 24.9. The molecular weight excluding hydrogens is 414 g/mol. The zero-order valence-electron chi connectivity index (χ0n) is 19.4. The zero-order chi connectivity index (χ0) is 23.6. The largest absolute Gasteiger partial charge is 0.507 e. The number of carbonyl (C=O) groups is 1. The molecular formula is C24H33NO5S. The highest BCUT2D eigenvalue weighted by atomic mass is 32.2. The summed E-state index contributed by atoms with van der Waals surface area (Å²) in [5.41, 5.74) is 2.77. The number of hydrogen-bond donors (Lipinski definition) is 2. The molecule has 0 spiro atoms. The second kappa shape index (κ2) is 9.01. The predicted molar refractivity (Wildman–Crippen MR) is 123 cm³/mol. The van der Waals surface area contributed by atoms with Gasteiger partial charge in [-0.3, -0.25) is 8.98 Å². The van der Waals surface area contributed by atoms with Gasteiger partial charge in [0, 0.05) is 12.1 Å². The quantitative estimate of drug-likeness (QED) is 0.615. The number of phenols is 1. The summed E-state index contributed by atoms with van der Waals surface area (Å²) in [6, 6.07) is 9.78. The number of benzene rings is 2. The Kier molecular flexibility index (Phi) is 7.23. The Morgan fingerprint density at radius 2 is 1.45 bits per heavy atom. The fourth-order valence-corrected chi connectivity index (χ4v) is 3.93. The van der Waals surface area contributed by atoms with Crippen molar-refractivity contribution in [3.63, 3.8) is 0 Å². The Hall–Kier alpha value is -2.38. The maximum absolute atomic E-state index is 12.5. The first-order valence-electron chi connectivity index (χ1n) is 10.2. The molecule has 2 aromatic rings. The highest BCUT2D eigenvalue weighted by Gasteiger charge is 2.26. The number of aryl methyl sites for hydroxylation is 1. The molecule has 0 aromatic heterocycles. The van der Waals surface area contributed by atoms with Crippen LogP contribution in [-0.2, 0) is 36.3 Å². The standard InChI is InChI=1S/C24H33NO5S/c1-23(2,3)19-14-16(15-20(22(19)27)24(4,5)6)8-13-21(26)25-17-9-11-18(12-10-17)31(28,29)30-7/h9-12,14-15,27H,8,13H2,1-7H3,(H,25,26). The summed E-state index contributed by atoms with van der Waals surface area (Å²) in [4.78, 5) is 12.5. The van der Waals surface area contributed by atoms with Gasteiger partial charge in [-0.15, -0.1) is 0 Å². The van der Waals surface area contributed by atoms with Crippen molar-refractivity contribution in [2.75, 3.05) is 12.4 Å². The molecule has 0 heterocycles. The lowest BCUT2D eigenvalue weighted by Crippen LogP contribution is -2.18. The molecule has 170 valence electrons. The Balaban J connectivity index is 2.16. The van der Waals surface area contributed by atoms with E-state index in [2.05, 4.69) is 51.0 Å². The molecule has 2 N–H and O–H groups in total. The van der Waals surface area contributed by atoms with Crippen molar-refractivity contribution in [2.45, 2.75) is 70.1 Å². The lowest BCUT2D eigenvalue weighted by molar-refractivity contribution is -0.116. The normalized spacial score (nSPS) is 12.6. The van der Waals surface area contributed by atoms with Gasteiger partial charge in [0.25, 0.3) is 10.1 Å². The molecule has 0 saturated carbocycles. The molecule has 6 nitrogen and oxygen atoms in total. The van der Waals surface area contributed by atoms with E-state index in [1.807, 2.05) is 12.1 Å². The van der Waals surface area contributed by atoms with Crippen molar-refractivity contribution in [3.8, 4) is 5.75 Å². The molecule has 2 rings (SSSR count). The van der Waals surface area contributed by atoms with Gasteiger partial charge in [0.15, 0.2) is 0 Å². The van der Waals surface area contributed by atoms with Crippen LogP contribution in [0.1, 0.15) is 64.7 Å². The molecule has 0 saturated heterocycles. The minimum absolute atomic E-state index is 0.0292. The van der Waals surface area contributed by atoms with Crippen LogP contribution in [0.2, 0.25) is 0 Å². The van der Waals surface area contributed by atoms with Gasteiger partial charge >= 0.3 is 0 Å². The Morgan fingerprint density at radius 3 is 1.87 bits per heavy atom. The van der Waals surface area contributed by atoms with Gasteiger partial charge in [-0.1, -0.05) is 53.7 Å². The third-order valence-electron chi connectivity index (χ3n) is 5.07. The summed E-state index contributed by atoms with van der Waals surface area (Å²) in [6.07, 6.45) is 0.782. The van der Waals surface area contributed by atoms with E-state index < -0.39 is 10.1 Å². The van der Waals surface area contributed by atoms with Crippen LogP contribution in [0.25, 0.3) is 0 Å². The van der Waals surface area contributed by atoms with Crippen LogP contribution < -0.4 is 5.32 Å². The molecule has 0 unspecified atom stereocenters. The number of nitrogens with one attached hydrogen (secondary N) is 1. The molecule has 0 atom stereocenters. The molecule has 0 fully saturated rings. The number of hydrogen-bond acceptors (Lipinski definition) is 5. The van der Waals surface area contributed by atoms with Crippen molar-refractivity contribution < 1.29 is 22.5 Å². The van der Waals surface area contributed by atoms with Crippen LogP contribution >= 0.6 is 0 Å². The maximum Gasteiger partial charge on any atom is 0.296 e.